The van der Waals surface area contributed by atoms with Crippen molar-refractivity contribution in [2.75, 3.05) is 7.11 Å². The molecule has 0 aromatic heterocycles. The number of hydrogen-bond donors (Lipinski definition) is 1. The fourth-order valence-corrected chi connectivity index (χ4v) is 4.19. The van der Waals surface area contributed by atoms with E-state index in [9.17, 15) is 13.2 Å². The lowest BCUT2D eigenvalue weighted by molar-refractivity contribution is 0.0955. The molecule has 7 nitrogen and oxygen atoms in total. The first-order valence-electron chi connectivity index (χ1n) is 9.48. The highest BCUT2D eigenvalue weighted by Crippen LogP contribution is 2.31. The number of amides is 1. The van der Waals surface area contributed by atoms with Crippen LogP contribution in [0.1, 0.15) is 27.0 Å². The maximum atomic E-state index is 12.8. The molecule has 3 rings (SSSR count). The third-order valence-electron chi connectivity index (χ3n) is 4.49. The second-order valence-corrected chi connectivity index (χ2v) is 8.87. The molecule has 0 spiro atoms. The van der Waals surface area contributed by atoms with Crippen molar-refractivity contribution in [1.82, 2.24) is 5.43 Å². The van der Waals surface area contributed by atoms with Crippen molar-refractivity contribution in [2.45, 2.75) is 18.7 Å². The van der Waals surface area contributed by atoms with Crippen LogP contribution in [0.2, 0.25) is 5.02 Å². The standard InChI is InChI=1S/C23H21ClN2O5S/c1-15-4-5-16(2)22(12-15)32(28,29)31-20-11-6-17(13-21(20)30-3)14-25-26-23(27)18-7-9-19(24)10-8-18/h4-14H,1-3H3,(H,26,27). The minimum absolute atomic E-state index is 0.0377. The number of halogens is 1. The van der Waals surface area contributed by atoms with Gasteiger partial charge in [-0.2, -0.15) is 13.5 Å². The first-order valence-corrected chi connectivity index (χ1v) is 11.3. The molecular weight excluding hydrogens is 452 g/mol. The monoisotopic (exact) mass is 472 g/mol. The van der Waals surface area contributed by atoms with Gasteiger partial charge in [-0.05, 0) is 79.1 Å². The fourth-order valence-electron chi connectivity index (χ4n) is 2.80. The van der Waals surface area contributed by atoms with Gasteiger partial charge in [-0.25, -0.2) is 5.43 Å². The number of carbonyl (C=O) groups excluding carboxylic acids is 1. The average molecular weight is 473 g/mol. The Morgan fingerprint density at radius 1 is 1.00 bits per heavy atom. The van der Waals surface area contributed by atoms with E-state index in [2.05, 4.69) is 10.5 Å². The summed E-state index contributed by atoms with van der Waals surface area (Å²) >= 11 is 5.81. The van der Waals surface area contributed by atoms with Crippen LogP contribution in [0.4, 0.5) is 0 Å². The van der Waals surface area contributed by atoms with Crippen molar-refractivity contribution in [3.8, 4) is 11.5 Å². The maximum Gasteiger partial charge on any atom is 0.339 e. The Bertz CT molecular complexity index is 1270. The third-order valence-corrected chi connectivity index (χ3v) is 6.12. The Balaban J connectivity index is 1.75. The predicted octanol–water partition coefficient (Wildman–Crippen LogP) is 4.50. The molecule has 3 aromatic rings. The van der Waals surface area contributed by atoms with Gasteiger partial charge in [0.15, 0.2) is 11.5 Å². The maximum absolute atomic E-state index is 12.8. The van der Waals surface area contributed by atoms with E-state index in [0.717, 1.165) is 5.56 Å². The highest BCUT2D eigenvalue weighted by atomic mass is 35.5. The molecule has 1 N–H and O–H groups in total. The van der Waals surface area contributed by atoms with Gasteiger partial charge in [0.2, 0.25) is 0 Å². The van der Waals surface area contributed by atoms with Gasteiger partial charge in [-0.3, -0.25) is 4.79 Å². The Kier molecular flexibility index (Phi) is 7.17. The Hall–Kier alpha value is -3.36. The van der Waals surface area contributed by atoms with Gasteiger partial charge < -0.3 is 8.92 Å². The molecule has 0 unspecified atom stereocenters. The summed E-state index contributed by atoms with van der Waals surface area (Å²) in [6, 6.07) is 16.1. The number of nitrogens with one attached hydrogen (secondary N) is 1. The molecule has 0 saturated heterocycles. The Labute approximate surface area is 191 Å². The molecule has 9 heteroatoms. The van der Waals surface area contributed by atoms with Gasteiger partial charge in [-0.1, -0.05) is 23.7 Å². The largest absolute Gasteiger partial charge is 0.493 e. The lowest BCUT2D eigenvalue weighted by Gasteiger charge is -2.13. The highest BCUT2D eigenvalue weighted by Gasteiger charge is 2.21. The zero-order valence-electron chi connectivity index (χ0n) is 17.6. The van der Waals surface area contributed by atoms with Gasteiger partial charge in [0.1, 0.15) is 4.90 Å². The van der Waals surface area contributed by atoms with E-state index < -0.39 is 16.0 Å². The minimum Gasteiger partial charge on any atom is -0.493 e. The molecule has 0 fully saturated rings. The predicted molar refractivity (Wildman–Crippen MR) is 123 cm³/mol. The molecule has 0 aliphatic carbocycles. The summed E-state index contributed by atoms with van der Waals surface area (Å²) in [6.07, 6.45) is 1.40. The second-order valence-electron chi connectivity index (χ2n) is 6.92. The molecule has 1 amide bonds. The quantitative estimate of drug-likeness (QED) is 0.310. The third kappa shape index (κ3) is 5.66. The average Bonchev–Trinajstić information content (AvgIpc) is 2.76. The lowest BCUT2D eigenvalue weighted by atomic mass is 10.2. The van der Waals surface area contributed by atoms with Crippen molar-refractivity contribution < 1.29 is 22.1 Å². The van der Waals surface area contributed by atoms with E-state index in [0.29, 0.717) is 21.7 Å². The van der Waals surface area contributed by atoms with E-state index >= 15 is 0 Å². The van der Waals surface area contributed by atoms with E-state index in [1.165, 1.54) is 19.4 Å². The van der Waals surface area contributed by atoms with Gasteiger partial charge in [0.05, 0.1) is 13.3 Å². The summed E-state index contributed by atoms with van der Waals surface area (Å²) in [5, 5.41) is 4.44. The van der Waals surface area contributed by atoms with Crippen molar-refractivity contribution in [2.24, 2.45) is 5.10 Å². The second kappa shape index (κ2) is 9.84. The molecule has 0 bridgehead atoms. The molecule has 0 atom stereocenters. The van der Waals surface area contributed by atoms with Crippen LogP contribution in [-0.4, -0.2) is 27.6 Å². The van der Waals surface area contributed by atoms with Crippen LogP contribution in [0.3, 0.4) is 0 Å². The van der Waals surface area contributed by atoms with Gasteiger partial charge in [-0.15, -0.1) is 0 Å². The molecule has 166 valence electrons. The summed E-state index contributed by atoms with van der Waals surface area (Å²) in [7, 11) is -2.66. The first kappa shape index (κ1) is 23.3. The van der Waals surface area contributed by atoms with Gasteiger partial charge in [0.25, 0.3) is 5.91 Å². The minimum atomic E-state index is -4.05. The number of nitrogens with zero attached hydrogens (tertiary/aromatic N) is 1. The molecule has 0 heterocycles. The van der Waals surface area contributed by atoms with Crippen LogP contribution in [0.25, 0.3) is 0 Å². The molecular formula is C23H21ClN2O5S. The summed E-state index contributed by atoms with van der Waals surface area (Å²) in [5.74, 6) is -0.160. The van der Waals surface area contributed by atoms with Crippen LogP contribution in [0.5, 0.6) is 11.5 Å². The summed E-state index contributed by atoms with van der Waals surface area (Å²) < 4.78 is 36.2. The Morgan fingerprint density at radius 3 is 2.41 bits per heavy atom. The van der Waals surface area contributed by atoms with E-state index in [1.807, 2.05) is 6.07 Å². The smallest absolute Gasteiger partial charge is 0.339 e. The lowest BCUT2D eigenvalue weighted by Crippen LogP contribution is -2.17. The number of aryl methyl sites for hydroxylation is 2. The van der Waals surface area contributed by atoms with Crippen molar-refractivity contribution in [3.05, 3.63) is 87.9 Å². The van der Waals surface area contributed by atoms with Crippen LogP contribution in [0.15, 0.2) is 70.7 Å². The summed E-state index contributed by atoms with van der Waals surface area (Å²) in [6.45, 7) is 3.50. The SMILES string of the molecule is COc1cc(C=NNC(=O)c2ccc(Cl)cc2)ccc1OS(=O)(=O)c1cc(C)ccc1C. The number of carbonyl (C=O) groups is 1. The number of hydrazone groups is 1. The van der Waals surface area contributed by atoms with Crippen LogP contribution >= 0.6 is 11.6 Å². The number of hydrogen-bond acceptors (Lipinski definition) is 6. The van der Waals surface area contributed by atoms with Gasteiger partial charge in [0, 0.05) is 10.6 Å². The van der Waals surface area contributed by atoms with Gasteiger partial charge >= 0.3 is 10.1 Å². The highest BCUT2D eigenvalue weighted by molar-refractivity contribution is 7.87. The Morgan fingerprint density at radius 2 is 1.72 bits per heavy atom. The molecule has 32 heavy (non-hydrogen) atoms. The number of benzene rings is 3. The fraction of sp³-hybridized carbons (Fsp3) is 0.130. The zero-order chi connectivity index (χ0) is 23.3. The zero-order valence-corrected chi connectivity index (χ0v) is 19.2. The van der Waals surface area contributed by atoms with Crippen molar-refractivity contribution in [3.63, 3.8) is 0 Å². The molecule has 0 radical (unpaired) electrons. The van der Waals surface area contributed by atoms with E-state index in [-0.39, 0.29) is 16.4 Å². The first-order chi connectivity index (χ1) is 15.2. The van der Waals surface area contributed by atoms with Crippen LogP contribution in [0, 0.1) is 13.8 Å². The van der Waals surface area contributed by atoms with E-state index in [4.69, 9.17) is 20.5 Å². The van der Waals surface area contributed by atoms with Crippen LogP contribution < -0.4 is 14.3 Å². The molecule has 3 aromatic carbocycles. The van der Waals surface area contributed by atoms with E-state index in [1.54, 1.807) is 62.4 Å². The number of rotatable bonds is 7. The molecule has 0 saturated carbocycles. The number of methoxy groups -OCH3 is 1. The summed E-state index contributed by atoms with van der Waals surface area (Å²) in [4.78, 5) is 12.2. The van der Waals surface area contributed by atoms with Crippen molar-refractivity contribution >= 4 is 33.8 Å². The normalized spacial score (nSPS) is 11.4. The van der Waals surface area contributed by atoms with Crippen molar-refractivity contribution in [1.29, 1.82) is 0 Å². The van der Waals surface area contributed by atoms with Crippen LogP contribution in [-0.2, 0) is 10.1 Å². The topological polar surface area (TPSA) is 94.1 Å². The number of ether oxygens (including phenoxy) is 1. The summed E-state index contributed by atoms with van der Waals surface area (Å²) in [5.41, 5.74) is 4.76. The molecule has 0 aliphatic rings. The molecule has 0 aliphatic heterocycles.